The molecular weight excluding hydrogens is 337 g/mol. The van der Waals surface area contributed by atoms with Crippen LogP contribution in [0.25, 0.3) is 0 Å². The molecule has 1 amide bonds. The lowest BCUT2D eigenvalue weighted by molar-refractivity contribution is -0.133. The average molecular weight is 370 g/mol. The van der Waals surface area contributed by atoms with Gasteiger partial charge in [-0.05, 0) is 51.1 Å². The number of rotatable bonds is 6. The lowest BCUT2D eigenvalue weighted by Crippen LogP contribution is -2.48. The van der Waals surface area contributed by atoms with Gasteiger partial charge in [-0.25, -0.2) is 0 Å². The Kier molecular flexibility index (Phi) is 11.4. The molecule has 0 saturated carbocycles. The van der Waals surface area contributed by atoms with Crippen molar-refractivity contribution in [3.63, 3.8) is 0 Å². The van der Waals surface area contributed by atoms with Crippen LogP contribution in [0, 0.1) is 11.8 Å². The fourth-order valence-corrected chi connectivity index (χ4v) is 3.58. The smallest absolute Gasteiger partial charge is 0.239 e. The maximum Gasteiger partial charge on any atom is 0.239 e. The fourth-order valence-electron chi connectivity index (χ4n) is 3.58. The Bertz CT molecular complexity index is 341. The molecule has 0 aromatic heterocycles. The second kappa shape index (κ2) is 11.5. The molecule has 2 fully saturated rings. The summed E-state index contributed by atoms with van der Waals surface area (Å²) in [5.74, 6) is 1.06. The van der Waals surface area contributed by atoms with E-state index in [0.717, 1.165) is 58.7 Å². The van der Waals surface area contributed by atoms with Crippen LogP contribution in [-0.4, -0.2) is 68.2 Å². The lowest BCUT2D eigenvalue weighted by atomic mass is 9.91. The van der Waals surface area contributed by atoms with E-state index in [0.29, 0.717) is 11.8 Å². The molecule has 0 aromatic carbocycles. The highest BCUT2D eigenvalue weighted by molar-refractivity contribution is 5.85. The quantitative estimate of drug-likeness (QED) is 0.774. The molecule has 0 aromatic rings. The zero-order chi connectivity index (χ0) is 15.2. The van der Waals surface area contributed by atoms with Crippen molar-refractivity contribution < 1.29 is 9.53 Å². The SMILES string of the molecule is CCCN(C)CC1CCN(C(=O)C(N)C2CCOCC2)C1.Cl.Cl. The van der Waals surface area contributed by atoms with Gasteiger partial charge in [0.2, 0.25) is 5.91 Å². The van der Waals surface area contributed by atoms with Crippen molar-refractivity contribution in [1.29, 1.82) is 0 Å². The Morgan fingerprint density at radius 2 is 1.96 bits per heavy atom. The fraction of sp³-hybridized carbons (Fsp3) is 0.938. The van der Waals surface area contributed by atoms with Gasteiger partial charge in [-0.2, -0.15) is 0 Å². The molecule has 0 radical (unpaired) electrons. The summed E-state index contributed by atoms with van der Waals surface area (Å²) in [6.45, 7) is 7.67. The summed E-state index contributed by atoms with van der Waals surface area (Å²) in [7, 11) is 2.17. The van der Waals surface area contributed by atoms with Crippen LogP contribution in [0.15, 0.2) is 0 Å². The molecule has 2 aliphatic heterocycles. The first-order valence-corrected chi connectivity index (χ1v) is 8.42. The van der Waals surface area contributed by atoms with Crippen molar-refractivity contribution in [3.05, 3.63) is 0 Å². The monoisotopic (exact) mass is 369 g/mol. The minimum absolute atomic E-state index is 0. The molecule has 2 aliphatic rings. The molecule has 0 spiro atoms. The van der Waals surface area contributed by atoms with Crippen LogP contribution in [0.4, 0.5) is 0 Å². The molecule has 138 valence electrons. The van der Waals surface area contributed by atoms with E-state index in [-0.39, 0.29) is 36.8 Å². The van der Waals surface area contributed by atoms with E-state index in [2.05, 4.69) is 18.9 Å². The number of hydrogen-bond acceptors (Lipinski definition) is 4. The van der Waals surface area contributed by atoms with Gasteiger partial charge in [0.15, 0.2) is 0 Å². The Hall–Kier alpha value is -0.0700. The summed E-state index contributed by atoms with van der Waals surface area (Å²) in [5, 5.41) is 0. The normalized spacial score (nSPS) is 23.3. The Balaban J connectivity index is 0.00000242. The standard InChI is InChI=1S/C16H31N3O2.2ClH/c1-3-7-18(2)11-13-4-8-19(12-13)16(20)15(17)14-5-9-21-10-6-14;;/h13-15H,3-12,17H2,1-2H3;2*1H. The Labute approximate surface area is 153 Å². The van der Waals surface area contributed by atoms with Crippen molar-refractivity contribution in [2.45, 2.75) is 38.6 Å². The third-order valence-electron chi connectivity index (χ3n) is 4.83. The van der Waals surface area contributed by atoms with E-state index >= 15 is 0 Å². The number of nitrogens with zero attached hydrogens (tertiary/aromatic N) is 2. The maximum absolute atomic E-state index is 12.5. The van der Waals surface area contributed by atoms with Crippen LogP contribution in [0.1, 0.15) is 32.6 Å². The van der Waals surface area contributed by atoms with E-state index < -0.39 is 0 Å². The van der Waals surface area contributed by atoms with E-state index in [1.54, 1.807) is 0 Å². The van der Waals surface area contributed by atoms with Gasteiger partial charge in [-0.15, -0.1) is 24.8 Å². The van der Waals surface area contributed by atoms with Crippen molar-refractivity contribution in [3.8, 4) is 0 Å². The predicted octanol–water partition coefficient (Wildman–Crippen LogP) is 1.77. The zero-order valence-corrected chi connectivity index (χ0v) is 16.0. The molecule has 2 heterocycles. The number of amides is 1. The molecule has 2 rings (SSSR count). The van der Waals surface area contributed by atoms with E-state index in [4.69, 9.17) is 10.5 Å². The summed E-state index contributed by atoms with van der Waals surface area (Å²) < 4.78 is 5.35. The van der Waals surface area contributed by atoms with Crippen molar-refractivity contribution >= 4 is 30.7 Å². The van der Waals surface area contributed by atoms with Crippen LogP contribution >= 0.6 is 24.8 Å². The molecule has 5 nitrogen and oxygen atoms in total. The topological polar surface area (TPSA) is 58.8 Å². The maximum atomic E-state index is 12.5. The van der Waals surface area contributed by atoms with Crippen LogP contribution in [0.3, 0.4) is 0 Å². The van der Waals surface area contributed by atoms with Gasteiger partial charge in [0.05, 0.1) is 6.04 Å². The number of likely N-dealkylation sites (tertiary alicyclic amines) is 1. The first-order chi connectivity index (χ1) is 10.1. The van der Waals surface area contributed by atoms with E-state index in [9.17, 15) is 4.79 Å². The van der Waals surface area contributed by atoms with Crippen LogP contribution in [0.5, 0.6) is 0 Å². The number of ether oxygens (including phenoxy) is 1. The number of carbonyl (C=O) groups is 1. The minimum Gasteiger partial charge on any atom is -0.381 e. The number of carbonyl (C=O) groups excluding carboxylic acids is 1. The predicted molar refractivity (Wildman–Crippen MR) is 98.5 cm³/mol. The molecule has 0 aliphatic carbocycles. The average Bonchev–Trinajstić information content (AvgIpc) is 2.95. The third-order valence-corrected chi connectivity index (χ3v) is 4.83. The molecule has 7 heteroatoms. The molecule has 2 unspecified atom stereocenters. The zero-order valence-electron chi connectivity index (χ0n) is 14.4. The molecular formula is C16H33Cl2N3O2. The summed E-state index contributed by atoms with van der Waals surface area (Å²) in [6, 6.07) is -0.332. The van der Waals surface area contributed by atoms with Gasteiger partial charge in [0.1, 0.15) is 0 Å². The summed E-state index contributed by atoms with van der Waals surface area (Å²) in [6.07, 6.45) is 4.13. The first-order valence-electron chi connectivity index (χ1n) is 8.42. The lowest BCUT2D eigenvalue weighted by Gasteiger charge is -2.30. The van der Waals surface area contributed by atoms with Gasteiger partial charge in [-0.3, -0.25) is 4.79 Å². The highest BCUT2D eigenvalue weighted by atomic mass is 35.5. The van der Waals surface area contributed by atoms with Crippen molar-refractivity contribution in [2.75, 3.05) is 46.4 Å². The van der Waals surface area contributed by atoms with Crippen LogP contribution in [0.2, 0.25) is 0 Å². The van der Waals surface area contributed by atoms with Crippen molar-refractivity contribution in [2.24, 2.45) is 17.6 Å². The van der Waals surface area contributed by atoms with Crippen molar-refractivity contribution in [1.82, 2.24) is 9.80 Å². The third kappa shape index (κ3) is 6.75. The molecule has 23 heavy (non-hydrogen) atoms. The molecule has 2 atom stereocenters. The molecule has 2 N–H and O–H groups in total. The highest BCUT2D eigenvalue weighted by Crippen LogP contribution is 2.22. The van der Waals surface area contributed by atoms with Gasteiger partial charge < -0.3 is 20.3 Å². The van der Waals surface area contributed by atoms with E-state index in [1.165, 1.54) is 6.42 Å². The van der Waals surface area contributed by atoms with Gasteiger partial charge in [0.25, 0.3) is 0 Å². The molecule has 2 saturated heterocycles. The van der Waals surface area contributed by atoms with E-state index in [1.807, 2.05) is 4.90 Å². The molecule has 0 bridgehead atoms. The summed E-state index contributed by atoms with van der Waals surface area (Å²) in [4.78, 5) is 16.9. The largest absolute Gasteiger partial charge is 0.381 e. The van der Waals surface area contributed by atoms with Crippen LogP contribution in [-0.2, 0) is 9.53 Å². The number of nitrogens with two attached hydrogens (primary N) is 1. The summed E-state index contributed by atoms with van der Waals surface area (Å²) >= 11 is 0. The highest BCUT2D eigenvalue weighted by Gasteiger charge is 2.33. The van der Waals surface area contributed by atoms with Crippen LogP contribution < -0.4 is 5.73 Å². The van der Waals surface area contributed by atoms with Gasteiger partial charge in [0, 0.05) is 32.8 Å². The Morgan fingerprint density at radius 1 is 1.30 bits per heavy atom. The van der Waals surface area contributed by atoms with Gasteiger partial charge in [-0.1, -0.05) is 6.92 Å². The van der Waals surface area contributed by atoms with Gasteiger partial charge >= 0.3 is 0 Å². The summed E-state index contributed by atoms with van der Waals surface area (Å²) in [5.41, 5.74) is 6.21. The second-order valence-electron chi connectivity index (χ2n) is 6.68. The minimum atomic E-state index is -0.332. The Morgan fingerprint density at radius 3 is 2.57 bits per heavy atom. The number of halogens is 2. The second-order valence-corrected chi connectivity index (χ2v) is 6.68. The number of hydrogen-bond donors (Lipinski definition) is 1. The first kappa shape index (κ1) is 22.9.